The average molecular weight is 273 g/mol. The number of thiophene rings is 1. The molecule has 2 aromatic rings. The summed E-state index contributed by atoms with van der Waals surface area (Å²) in [4.78, 5) is 3.80. The zero-order valence-corrected chi connectivity index (χ0v) is 12.0. The third kappa shape index (κ3) is 2.89. The maximum Gasteiger partial charge on any atom is 0.109 e. The van der Waals surface area contributed by atoms with Gasteiger partial charge in [0, 0.05) is 18.0 Å². The van der Waals surface area contributed by atoms with Crippen LogP contribution in [0.3, 0.4) is 0 Å². The molecule has 0 amide bonds. The first kappa shape index (κ1) is 12.9. The number of hydrogen-bond donors (Lipinski definition) is 0. The van der Waals surface area contributed by atoms with Gasteiger partial charge >= 0.3 is 0 Å². The quantitative estimate of drug-likeness (QED) is 0.790. The topological polar surface area (TPSA) is 12.5 Å². The highest BCUT2D eigenvalue weighted by molar-refractivity contribution is 7.10. The predicted molar refractivity (Wildman–Crippen MR) is 79.8 cm³/mol. The number of fused-ring (bicyclic) bond motifs is 1. The lowest BCUT2D eigenvalue weighted by atomic mass is 10.0. The summed E-state index contributed by atoms with van der Waals surface area (Å²) in [5.74, 6) is 0. The van der Waals surface area contributed by atoms with E-state index in [1.807, 2.05) is 11.3 Å². The lowest BCUT2D eigenvalue weighted by Gasteiger charge is -2.19. The van der Waals surface area contributed by atoms with Crippen LogP contribution in [0.5, 0.6) is 0 Å². The van der Waals surface area contributed by atoms with Gasteiger partial charge in [0.05, 0.1) is 6.61 Å². The Hall–Kier alpha value is -1.16. The van der Waals surface area contributed by atoms with E-state index in [2.05, 4.69) is 53.7 Å². The number of benzene rings is 1. The Morgan fingerprint density at radius 1 is 1.16 bits per heavy atom. The van der Waals surface area contributed by atoms with Crippen molar-refractivity contribution in [2.75, 3.05) is 26.7 Å². The molecule has 2 heterocycles. The first-order chi connectivity index (χ1) is 9.34. The summed E-state index contributed by atoms with van der Waals surface area (Å²) in [5, 5.41) is 2.19. The largest absolute Gasteiger partial charge is 0.367 e. The number of ether oxygens (including phenoxy) is 1. The molecule has 2 nitrogen and oxygen atoms in total. The summed E-state index contributed by atoms with van der Waals surface area (Å²) in [6.45, 7) is 2.89. The molecule has 0 aliphatic carbocycles. The molecular weight excluding hydrogens is 254 g/mol. The Morgan fingerprint density at radius 2 is 2.00 bits per heavy atom. The van der Waals surface area contributed by atoms with Gasteiger partial charge in [-0.1, -0.05) is 30.3 Å². The van der Waals surface area contributed by atoms with E-state index in [4.69, 9.17) is 4.74 Å². The molecule has 0 bridgehead atoms. The normalized spacial score (nSPS) is 21.2. The second-order valence-corrected chi connectivity index (χ2v) is 6.01. The van der Waals surface area contributed by atoms with Gasteiger partial charge in [-0.15, -0.1) is 11.3 Å². The zero-order chi connectivity index (χ0) is 13.1. The minimum absolute atomic E-state index is 0.0916. The lowest BCUT2D eigenvalue weighted by molar-refractivity contribution is 0.0679. The van der Waals surface area contributed by atoms with E-state index >= 15 is 0 Å². The standard InChI is InChI=1S/C16H19NOS/c1-17-9-7-15-14(8-12-19-15)16(18-11-10-17)13-5-3-2-4-6-13/h2-6,8,12,16H,7,9-11H2,1H3/t16-/m0/s1. The Kier molecular flexibility index (Phi) is 3.97. The van der Waals surface area contributed by atoms with Crippen LogP contribution in [-0.2, 0) is 11.2 Å². The molecule has 0 saturated heterocycles. The van der Waals surface area contributed by atoms with Gasteiger partial charge in [-0.25, -0.2) is 0 Å². The molecule has 19 heavy (non-hydrogen) atoms. The molecule has 1 aliphatic heterocycles. The molecule has 0 fully saturated rings. The van der Waals surface area contributed by atoms with E-state index in [0.717, 1.165) is 26.1 Å². The van der Waals surface area contributed by atoms with Gasteiger partial charge in [-0.3, -0.25) is 0 Å². The zero-order valence-electron chi connectivity index (χ0n) is 11.2. The van der Waals surface area contributed by atoms with Crippen LogP contribution in [-0.4, -0.2) is 31.6 Å². The van der Waals surface area contributed by atoms with Crippen molar-refractivity contribution in [2.24, 2.45) is 0 Å². The fourth-order valence-corrected chi connectivity index (χ4v) is 3.41. The third-order valence-corrected chi connectivity index (χ3v) is 4.64. The monoisotopic (exact) mass is 273 g/mol. The maximum atomic E-state index is 6.17. The Morgan fingerprint density at radius 3 is 2.84 bits per heavy atom. The third-order valence-electron chi connectivity index (χ3n) is 3.64. The Bertz CT molecular complexity index is 523. The van der Waals surface area contributed by atoms with E-state index in [1.165, 1.54) is 16.0 Å². The minimum atomic E-state index is 0.0916. The van der Waals surface area contributed by atoms with Gasteiger partial charge in [-0.05, 0) is 36.0 Å². The molecule has 0 N–H and O–H groups in total. The van der Waals surface area contributed by atoms with Crippen LogP contribution in [0, 0.1) is 0 Å². The Balaban J connectivity index is 1.96. The maximum absolute atomic E-state index is 6.17. The Labute approximate surface area is 118 Å². The fraction of sp³-hybridized carbons (Fsp3) is 0.375. The van der Waals surface area contributed by atoms with Gasteiger partial charge in [0.2, 0.25) is 0 Å². The summed E-state index contributed by atoms with van der Waals surface area (Å²) in [6, 6.07) is 12.8. The van der Waals surface area contributed by atoms with Crippen molar-refractivity contribution in [1.82, 2.24) is 4.90 Å². The first-order valence-corrected chi connectivity index (χ1v) is 7.64. The molecule has 0 radical (unpaired) electrons. The van der Waals surface area contributed by atoms with E-state index in [9.17, 15) is 0 Å². The van der Waals surface area contributed by atoms with Crippen molar-refractivity contribution >= 4 is 11.3 Å². The van der Waals surface area contributed by atoms with Gasteiger partial charge in [0.1, 0.15) is 6.10 Å². The number of nitrogens with zero attached hydrogens (tertiary/aromatic N) is 1. The highest BCUT2D eigenvalue weighted by atomic mass is 32.1. The first-order valence-electron chi connectivity index (χ1n) is 6.76. The van der Waals surface area contributed by atoms with Crippen LogP contribution in [0.25, 0.3) is 0 Å². The van der Waals surface area contributed by atoms with Gasteiger partial charge in [0.25, 0.3) is 0 Å². The van der Waals surface area contributed by atoms with Crippen LogP contribution < -0.4 is 0 Å². The van der Waals surface area contributed by atoms with E-state index < -0.39 is 0 Å². The summed E-state index contributed by atoms with van der Waals surface area (Å²) in [6.07, 6.45) is 1.21. The van der Waals surface area contributed by atoms with Crippen LogP contribution in [0.4, 0.5) is 0 Å². The smallest absolute Gasteiger partial charge is 0.109 e. The second-order valence-electron chi connectivity index (χ2n) is 5.01. The highest BCUT2D eigenvalue weighted by Crippen LogP contribution is 2.32. The number of rotatable bonds is 1. The molecule has 1 aliphatic rings. The van der Waals surface area contributed by atoms with Crippen molar-refractivity contribution in [1.29, 1.82) is 0 Å². The molecule has 1 aromatic carbocycles. The molecule has 0 spiro atoms. The molecule has 3 rings (SSSR count). The average Bonchev–Trinajstić information content (AvgIpc) is 2.91. The summed E-state index contributed by atoms with van der Waals surface area (Å²) < 4.78 is 6.17. The molecule has 1 atom stereocenters. The van der Waals surface area contributed by atoms with Gasteiger partial charge in [-0.2, -0.15) is 0 Å². The minimum Gasteiger partial charge on any atom is -0.367 e. The lowest BCUT2D eigenvalue weighted by Crippen LogP contribution is -2.24. The fourth-order valence-electron chi connectivity index (χ4n) is 2.51. The van der Waals surface area contributed by atoms with Crippen molar-refractivity contribution < 1.29 is 4.74 Å². The van der Waals surface area contributed by atoms with Crippen LogP contribution in [0.15, 0.2) is 41.8 Å². The second kappa shape index (κ2) is 5.87. The summed E-state index contributed by atoms with van der Waals surface area (Å²) in [5.41, 5.74) is 2.61. The van der Waals surface area contributed by atoms with E-state index in [-0.39, 0.29) is 6.10 Å². The van der Waals surface area contributed by atoms with Crippen LogP contribution in [0.1, 0.15) is 22.1 Å². The predicted octanol–water partition coefficient (Wildman–Crippen LogP) is 3.34. The number of hydrogen-bond acceptors (Lipinski definition) is 3. The van der Waals surface area contributed by atoms with Crippen molar-refractivity contribution in [2.45, 2.75) is 12.5 Å². The molecule has 3 heteroatoms. The molecule has 1 aromatic heterocycles. The van der Waals surface area contributed by atoms with Crippen LogP contribution >= 0.6 is 11.3 Å². The van der Waals surface area contributed by atoms with Crippen molar-refractivity contribution in [3.8, 4) is 0 Å². The van der Waals surface area contributed by atoms with Gasteiger partial charge < -0.3 is 9.64 Å². The van der Waals surface area contributed by atoms with Crippen LogP contribution in [0.2, 0.25) is 0 Å². The molecule has 0 saturated carbocycles. The SMILES string of the molecule is CN1CCO[C@@H](c2ccccc2)c2ccsc2CC1. The molecular formula is C16H19NOS. The van der Waals surface area contributed by atoms with Crippen molar-refractivity contribution in [3.05, 3.63) is 57.8 Å². The summed E-state index contributed by atoms with van der Waals surface area (Å²) >= 11 is 1.85. The van der Waals surface area contributed by atoms with E-state index in [1.54, 1.807) is 0 Å². The molecule has 0 unspecified atom stereocenters. The molecule has 100 valence electrons. The highest BCUT2D eigenvalue weighted by Gasteiger charge is 2.21. The van der Waals surface area contributed by atoms with Gasteiger partial charge in [0.15, 0.2) is 0 Å². The summed E-state index contributed by atoms with van der Waals surface area (Å²) in [7, 11) is 2.17. The van der Waals surface area contributed by atoms with E-state index in [0.29, 0.717) is 0 Å². The number of likely N-dealkylation sites (N-methyl/N-ethyl adjacent to an activating group) is 1. The van der Waals surface area contributed by atoms with Crippen molar-refractivity contribution in [3.63, 3.8) is 0 Å².